The van der Waals surface area contributed by atoms with Crippen molar-refractivity contribution in [2.45, 2.75) is 31.6 Å². The summed E-state index contributed by atoms with van der Waals surface area (Å²) in [5.74, 6) is -2.73. The maximum absolute atomic E-state index is 12.7. The topological polar surface area (TPSA) is 17.1 Å². The first-order chi connectivity index (χ1) is 5.92. The van der Waals surface area contributed by atoms with Gasteiger partial charge in [-0.15, -0.1) is 12.6 Å². The second-order valence-corrected chi connectivity index (χ2v) is 3.98. The molecule has 0 amide bonds. The van der Waals surface area contributed by atoms with E-state index in [0.717, 1.165) is 0 Å². The minimum atomic E-state index is -2.73. The van der Waals surface area contributed by atoms with Gasteiger partial charge in [-0.2, -0.15) is 0 Å². The summed E-state index contributed by atoms with van der Waals surface area (Å²) < 4.78 is 37.9. The number of carbonyl (C=O) groups is 1. The van der Waals surface area contributed by atoms with Crippen LogP contribution in [0, 0.1) is 5.41 Å². The van der Waals surface area contributed by atoms with E-state index >= 15 is 0 Å². The lowest BCUT2D eigenvalue weighted by Gasteiger charge is -2.35. The molecule has 5 heteroatoms. The van der Waals surface area contributed by atoms with E-state index in [-0.39, 0.29) is 12.8 Å². The molecular formula is C8H11F3OS. The SMILES string of the molecule is O=C(S)C1(CF)CCC(F)(F)CC1. The lowest BCUT2D eigenvalue weighted by Crippen LogP contribution is -2.38. The fourth-order valence-electron chi connectivity index (χ4n) is 1.50. The number of halogens is 3. The molecule has 13 heavy (non-hydrogen) atoms. The zero-order chi connectivity index (χ0) is 10.1. The Labute approximate surface area is 80.1 Å². The Hall–Kier alpha value is -0.190. The van der Waals surface area contributed by atoms with Crippen LogP contribution in [0.3, 0.4) is 0 Å². The molecule has 1 aliphatic rings. The number of thiol groups is 1. The molecular weight excluding hydrogens is 201 g/mol. The zero-order valence-corrected chi connectivity index (χ0v) is 7.92. The van der Waals surface area contributed by atoms with Gasteiger partial charge in [-0.25, -0.2) is 13.2 Å². The van der Waals surface area contributed by atoms with Gasteiger partial charge in [0, 0.05) is 12.8 Å². The fourth-order valence-corrected chi connectivity index (χ4v) is 1.78. The lowest BCUT2D eigenvalue weighted by molar-refractivity contribution is -0.129. The van der Waals surface area contributed by atoms with Gasteiger partial charge >= 0.3 is 0 Å². The maximum atomic E-state index is 12.7. The Morgan fingerprint density at radius 1 is 1.23 bits per heavy atom. The van der Waals surface area contributed by atoms with E-state index in [1.807, 2.05) is 0 Å². The van der Waals surface area contributed by atoms with Crippen molar-refractivity contribution in [3.8, 4) is 0 Å². The number of hydrogen-bond donors (Lipinski definition) is 1. The molecule has 1 saturated carbocycles. The van der Waals surface area contributed by atoms with Crippen molar-refractivity contribution in [1.82, 2.24) is 0 Å². The highest BCUT2D eigenvalue weighted by Crippen LogP contribution is 2.44. The quantitative estimate of drug-likeness (QED) is 0.696. The Morgan fingerprint density at radius 3 is 2.00 bits per heavy atom. The number of carbonyl (C=O) groups excluding carboxylic acids is 1. The van der Waals surface area contributed by atoms with E-state index in [9.17, 15) is 18.0 Å². The van der Waals surface area contributed by atoms with Gasteiger partial charge in [-0.05, 0) is 12.8 Å². The summed E-state index contributed by atoms with van der Waals surface area (Å²) in [6.07, 6.45) is -1.02. The highest BCUT2D eigenvalue weighted by Gasteiger charge is 2.46. The molecule has 0 bridgehead atoms. The third kappa shape index (κ3) is 2.18. The Balaban J connectivity index is 2.69. The second-order valence-electron chi connectivity index (χ2n) is 3.58. The number of rotatable bonds is 2. The van der Waals surface area contributed by atoms with Gasteiger partial charge in [0.2, 0.25) is 5.92 Å². The molecule has 1 aliphatic carbocycles. The van der Waals surface area contributed by atoms with Gasteiger partial charge in [-0.1, -0.05) is 0 Å². The van der Waals surface area contributed by atoms with Gasteiger partial charge < -0.3 is 0 Å². The Bertz CT molecular complexity index is 207. The highest BCUT2D eigenvalue weighted by molar-refractivity contribution is 7.96. The van der Waals surface area contributed by atoms with Gasteiger partial charge in [0.05, 0.1) is 5.41 Å². The van der Waals surface area contributed by atoms with E-state index < -0.39 is 36.0 Å². The summed E-state index contributed by atoms with van der Waals surface area (Å²) >= 11 is 3.54. The van der Waals surface area contributed by atoms with E-state index in [0.29, 0.717) is 0 Å². The third-order valence-electron chi connectivity index (χ3n) is 2.65. The maximum Gasteiger partial charge on any atom is 0.248 e. The summed E-state index contributed by atoms with van der Waals surface area (Å²) in [4.78, 5) is 10.9. The Morgan fingerprint density at radius 2 is 1.69 bits per heavy atom. The second kappa shape index (κ2) is 3.52. The van der Waals surface area contributed by atoms with Crippen LogP contribution in [0.4, 0.5) is 13.2 Å². The fraction of sp³-hybridized carbons (Fsp3) is 0.875. The largest absolute Gasteiger partial charge is 0.287 e. The van der Waals surface area contributed by atoms with Crippen LogP contribution in [0.2, 0.25) is 0 Å². The summed E-state index contributed by atoms with van der Waals surface area (Å²) in [5.41, 5.74) is -1.25. The van der Waals surface area contributed by atoms with Crippen molar-refractivity contribution in [1.29, 1.82) is 0 Å². The van der Waals surface area contributed by atoms with Crippen LogP contribution < -0.4 is 0 Å². The van der Waals surface area contributed by atoms with Crippen LogP contribution in [0.5, 0.6) is 0 Å². The molecule has 0 saturated heterocycles. The molecule has 0 aromatic rings. The average Bonchev–Trinajstić information content (AvgIpc) is 2.05. The molecule has 0 unspecified atom stereocenters. The molecule has 1 fully saturated rings. The van der Waals surface area contributed by atoms with Crippen molar-refractivity contribution < 1.29 is 18.0 Å². The van der Waals surface area contributed by atoms with Gasteiger partial charge in [0.15, 0.2) is 5.12 Å². The normalized spacial score (nSPS) is 25.5. The van der Waals surface area contributed by atoms with Crippen LogP contribution in [-0.4, -0.2) is 17.7 Å². The molecule has 0 heterocycles. The Kier molecular flexibility index (Phi) is 2.95. The monoisotopic (exact) mass is 212 g/mol. The van der Waals surface area contributed by atoms with Crippen molar-refractivity contribution in [3.63, 3.8) is 0 Å². The van der Waals surface area contributed by atoms with Crippen molar-refractivity contribution in [2.75, 3.05) is 6.67 Å². The molecule has 1 nitrogen and oxygen atoms in total. The molecule has 1 rings (SSSR count). The van der Waals surface area contributed by atoms with Gasteiger partial charge in [-0.3, -0.25) is 4.79 Å². The predicted molar refractivity (Wildman–Crippen MR) is 45.8 cm³/mol. The molecule has 0 atom stereocenters. The van der Waals surface area contributed by atoms with Crippen LogP contribution in [-0.2, 0) is 4.79 Å². The molecule has 0 N–H and O–H groups in total. The third-order valence-corrected chi connectivity index (χ3v) is 3.12. The first-order valence-corrected chi connectivity index (χ1v) is 4.54. The van der Waals surface area contributed by atoms with Gasteiger partial charge in [0.25, 0.3) is 0 Å². The number of alkyl halides is 3. The summed E-state index contributed by atoms with van der Waals surface area (Å²) in [7, 11) is 0. The predicted octanol–water partition coefficient (Wildman–Crippen LogP) is 2.61. The highest BCUT2D eigenvalue weighted by atomic mass is 32.1. The smallest absolute Gasteiger partial charge is 0.248 e. The van der Waals surface area contributed by atoms with Crippen molar-refractivity contribution >= 4 is 17.7 Å². The molecule has 0 aromatic heterocycles. The average molecular weight is 212 g/mol. The molecule has 0 radical (unpaired) electrons. The first-order valence-electron chi connectivity index (χ1n) is 4.09. The molecule has 0 spiro atoms. The van der Waals surface area contributed by atoms with Crippen molar-refractivity contribution in [2.24, 2.45) is 5.41 Å². The van der Waals surface area contributed by atoms with Crippen molar-refractivity contribution in [3.05, 3.63) is 0 Å². The van der Waals surface area contributed by atoms with E-state index in [4.69, 9.17) is 0 Å². The lowest BCUT2D eigenvalue weighted by atomic mass is 9.74. The summed E-state index contributed by atoms with van der Waals surface area (Å²) in [5, 5.41) is -0.606. The summed E-state index contributed by atoms with van der Waals surface area (Å²) in [6, 6.07) is 0. The first kappa shape index (κ1) is 10.9. The standard InChI is InChI=1S/C8H11F3OS/c9-5-7(6(12)13)1-3-8(10,11)4-2-7/h1-5H2,(H,12,13). The van der Waals surface area contributed by atoms with Crippen LogP contribution in [0.15, 0.2) is 0 Å². The minimum Gasteiger partial charge on any atom is -0.287 e. The molecule has 0 aromatic carbocycles. The number of hydrogen-bond acceptors (Lipinski definition) is 1. The van der Waals surface area contributed by atoms with Gasteiger partial charge in [0.1, 0.15) is 6.67 Å². The van der Waals surface area contributed by atoms with E-state index in [1.54, 1.807) is 0 Å². The van der Waals surface area contributed by atoms with E-state index in [2.05, 4.69) is 12.6 Å². The summed E-state index contributed by atoms with van der Waals surface area (Å²) in [6.45, 7) is -0.884. The van der Waals surface area contributed by atoms with Crippen LogP contribution in [0.1, 0.15) is 25.7 Å². The van der Waals surface area contributed by atoms with Crippen LogP contribution >= 0.6 is 12.6 Å². The molecule has 0 aliphatic heterocycles. The van der Waals surface area contributed by atoms with E-state index in [1.165, 1.54) is 0 Å². The minimum absolute atomic E-state index is 0.0984. The molecule has 76 valence electrons. The zero-order valence-electron chi connectivity index (χ0n) is 7.02. The van der Waals surface area contributed by atoms with Crippen LogP contribution in [0.25, 0.3) is 0 Å².